The van der Waals surface area contributed by atoms with Crippen LogP contribution in [-0.4, -0.2) is 26.7 Å². The lowest BCUT2D eigenvalue weighted by molar-refractivity contribution is -0.245. The van der Waals surface area contributed by atoms with Crippen LogP contribution in [0.15, 0.2) is 4.99 Å². The van der Waals surface area contributed by atoms with Gasteiger partial charge in [-0.15, -0.1) is 0 Å². The van der Waals surface area contributed by atoms with Gasteiger partial charge in [0.1, 0.15) is 0 Å². The molecule has 0 aromatic rings. The van der Waals surface area contributed by atoms with Crippen LogP contribution >= 0.6 is 12.2 Å². The number of aliphatic imine (C=N–C) groups is 1. The van der Waals surface area contributed by atoms with Gasteiger partial charge >= 0.3 is 0 Å². The van der Waals surface area contributed by atoms with E-state index in [0.29, 0.717) is 0 Å². The van der Waals surface area contributed by atoms with Gasteiger partial charge in [-0.05, 0) is 12.2 Å². The topological polar surface area (TPSA) is 108 Å². The lowest BCUT2D eigenvalue weighted by atomic mass is 11.0. The maximum absolute atomic E-state index is 8.09. The zero-order valence-corrected chi connectivity index (χ0v) is 5.17. The Labute approximate surface area is 56.3 Å². The number of rotatable bonds is 0. The van der Waals surface area contributed by atoms with Crippen LogP contribution in [0.2, 0.25) is 0 Å². The molecule has 0 spiro atoms. The Morgan fingerprint density at radius 2 is 1.89 bits per heavy atom. The maximum Gasteiger partial charge on any atom is 0.251 e. The van der Waals surface area contributed by atoms with Crippen LogP contribution in [0.4, 0.5) is 0 Å². The first-order valence-electron chi connectivity index (χ1n) is 1.85. The Morgan fingerprint density at radius 1 is 1.44 bits per heavy atom. The van der Waals surface area contributed by atoms with E-state index in [1.54, 1.807) is 0 Å². The first-order valence-corrected chi connectivity index (χ1v) is 2.26. The molecule has 0 aliphatic heterocycles. The molecule has 0 aliphatic rings. The summed E-state index contributed by atoms with van der Waals surface area (Å²) < 4.78 is 0. The van der Waals surface area contributed by atoms with Crippen molar-refractivity contribution < 1.29 is 10.4 Å². The first kappa shape index (κ1) is 8.08. The highest BCUT2D eigenvalue weighted by molar-refractivity contribution is 7.80. The van der Waals surface area contributed by atoms with Gasteiger partial charge in [0.05, 0.1) is 0 Å². The molecule has 0 fully saturated rings. The number of nitrogens with zero attached hydrogens (tertiary/aromatic N) is 2. The summed E-state index contributed by atoms with van der Waals surface area (Å²) in [6, 6.07) is 0. The van der Waals surface area contributed by atoms with Crippen LogP contribution in [0.5, 0.6) is 0 Å². The van der Waals surface area contributed by atoms with Crippen LogP contribution in [0.25, 0.3) is 0 Å². The largest absolute Gasteiger partial charge is 0.374 e. The molecular formula is C2H6N4O2S. The van der Waals surface area contributed by atoms with Crippen molar-refractivity contribution in [3.8, 4) is 0 Å². The third-order valence-electron chi connectivity index (χ3n) is 0.430. The number of guanidine groups is 1. The quantitative estimate of drug-likeness (QED) is 0.147. The highest BCUT2D eigenvalue weighted by Gasteiger charge is 1.96. The predicted molar refractivity (Wildman–Crippen MR) is 33.8 cm³/mol. The number of hydrogen-bond acceptors (Lipinski definition) is 3. The molecule has 0 aromatic carbocycles. The van der Waals surface area contributed by atoms with Crippen LogP contribution in [0, 0.1) is 0 Å². The van der Waals surface area contributed by atoms with Gasteiger partial charge in [0, 0.05) is 0 Å². The molecular weight excluding hydrogens is 144 g/mol. The molecule has 6 N–H and O–H groups in total. The lowest BCUT2D eigenvalue weighted by Crippen LogP contribution is -2.33. The smallest absolute Gasteiger partial charge is 0.251 e. The summed E-state index contributed by atoms with van der Waals surface area (Å²) in [6.07, 6.45) is 0. The second-order valence-corrected chi connectivity index (χ2v) is 1.52. The standard InChI is InChI=1S/C2H6N4O2S/c3-1(6(7)8)5-2(4)9/h7-8H,(H4,3,4,5,9). The van der Waals surface area contributed by atoms with Crippen LogP contribution in [-0.2, 0) is 0 Å². The van der Waals surface area contributed by atoms with Gasteiger partial charge in [0.25, 0.3) is 5.96 Å². The van der Waals surface area contributed by atoms with Crippen molar-refractivity contribution in [1.82, 2.24) is 5.23 Å². The van der Waals surface area contributed by atoms with Gasteiger partial charge in [-0.1, -0.05) is 5.23 Å². The van der Waals surface area contributed by atoms with Crippen LogP contribution in [0.1, 0.15) is 0 Å². The Kier molecular flexibility index (Phi) is 2.85. The number of hydroxylamine groups is 2. The van der Waals surface area contributed by atoms with E-state index in [1.807, 2.05) is 0 Å². The molecule has 0 rings (SSSR count). The van der Waals surface area contributed by atoms with E-state index in [0.717, 1.165) is 0 Å². The normalized spacial score (nSPS) is 11.1. The third kappa shape index (κ3) is 3.64. The fourth-order valence-corrected chi connectivity index (χ4v) is 0.251. The molecule has 7 heteroatoms. The Bertz CT molecular complexity index is 144. The van der Waals surface area contributed by atoms with Crippen LogP contribution < -0.4 is 11.5 Å². The van der Waals surface area contributed by atoms with E-state index in [-0.39, 0.29) is 10.3 Å². The molecule has 0 bridgehead atoms. The van der Waals surface area contributed by atoms with E-state index in [1.165, 1.54) is 0 Å². The summed E-state index contributed by atoms with van der Waals surface area (Å²) in [7, 11) is 0. The molecule has 0 radical (unpaired) electrons. The van der Waals surface area contributed by atoms with Crippen molar-refractivity contribution >= 4 is 23.3 Å². The molecule has 6 nitrogen and oxygen atoms in total. The molecule has 0 atom stereocenters. The number of thiocarbonyl (C=S) groups is 1. The minimum absolute atomic E-state index is 0.263. The zero-order chi connectivity index (χ0) is 7.44. The highest BCUT2D eigenvalue weighted by Crippen LogP contribution is 1.74. The fraction of sp³-hybridized carbons (Fsp3) is 0. The third-order valence-corrected chi connectivity index (χ3v) is 0.521. The van der Waals surface area contributed by atoms with E-state index in [4.69, 9.17) is 21.9 Å². The average molecular weight is 150 g/mol. The number of nitrogens with two attached hydrogens (primary N) is 2. The zero-order valence-electron chi connectivity index (χ0n) is 4.35. The summed E-state index contributed by atoms with van der Waals surface area (Å²) >= 11 is 4.25. The van der Waals surface area contributed by atoms with Crippen molar-refractivity contribution in [2.75, 3.05) is 0 Å². The number of hydrogen-bond donors (Lipinski definition) is 4. The SMILES string of the molecule is NC(=S)/N=C(\N)N(O)O. The van der Waals surface area contributed by atoms with Gasteiger partial charge in [-0.2, -0.15) is 4.99 Å². The summed E-state index contributed by atoms with van der Waals surface area (Å²) in [4.78, 5) is 3.11. The molecule has 0 saturated carbocycles. The van der Waals surface area contributed by atoms with E-state index < -0.39 is 5.96 Å². The second kappa shape index (κ2) is 3.17. The maximum atomic E-state index is 8.09. The molecule has 0 aliphatic carbocycles. The summed E-state index contributed by atoms with van der Waals surface area (Å²) in [5.41, 5.74) is 9.67. The minimum Gasteiger partial charge on any atom is -0.374 e. The second-order valence-electron chi connectivity index (χ2n) is 1.10. The first-order chi connectivity index (χ1) is 4.04. The Hall–Kier alpha value is -0.920. The summed E-state index contributed by atoms with van der Waals surface area (Å²) in [5.74, 6) is -0.567. The van der Waals surface area contributed by atoms with Crippen molar-refractivity contribution in [3.05, 3.63) is 0 Å². The molecule has 0 aromatic heterocycles. The predicted octanol–water partition coefficient (Wildman–Crippen LogP) is -1.37. The van der Waals surface area contributed by atoms with Crippen molar-refractivity contribution in [2.45, 2.75) is 0 Å². The Balaban J connectivity index is 4.00. The monoisotopic (exact) mass is 150 g/mol. The molecule has 52 valence electrons. The molecule has 9 heavy (non-hydrogen) atoms. The van der Waals surface area contributed by atoms with Gasteiger partial charge in [-0.3, -0.25) is 10.4 Å². The summed E-state index contributed by atoms with van der Waals surface area (Å²) in [5, 5.41) is 15.5. The lowest BCUT2D eigenvalue weighted by Gasteiger charge is -2.03. The average Bonchev–Trinajstić information content (AvgIpc) is 1.63. The van der Waals surface area contributed by atoms with Crippen LogP contribution in [0.3, 0.4) is 0 Å². The fourth-order valence-electron chi connectivity index (χ4n) is 0.158. The molecule has 0 heterocycles. The highest BCUT2D eigenvalue weighted by atomic mass is 32.1. The molecule has 0 amide bonds. The van der Waals surface area contributed by atoms with E-state index >= 15 is 0 Å². The van der Waals surface area contributed by atoms with Crippen molar-refractivity contribution in [2.24, 2.45) is 16.5 Å². The van der Waals surface area contributed by atoms with Gasteiger partial charge in [-0.25, -0.2) is 0 Å². The van der Waals surface area contributed by atoms with E-state index in [2.05, 4.69) is 17.2 Å². The molecule has 0 saturated heterocycles. The Morgan fingerprint density at radius 3 is 2.00 bits per heavy atom. The van der Waals surface area contributed by atoms with Gasteiger partial charge in [0.15, 0.2) is 5.11 Å². The molecule has 0 unspecified atom stereocenters. The minimum atomic E-state index is -0.567. The summed E-state index contributed by atoms with van der Waals surface area (Å²) in [6.45, 7) is 0. The van der Waals surface area contributed by atoms with Gasteiger partial charge < -0.3 is 11.5 Å². The van der Waals surface area contributed by atoms with Crippen molar-refractivity contribution in [1.29, 1.82) is 0 Å². The van der Waals surface area contributed by atoms with Crippen molar-refractivity contribution in [3.63, 3.8) is 0 Å². The van der Waals surface area contributed by atoms with E-state index in [9.17, 15) is 0 Å². The van der Waals surface area contributed by atoms with Gasteiger partial charge in [0.2, 0.25) is 0 Å².